The number of aromatic nitrogens is 8. The van der Waals surface area contributed by atoms with E-state index in [9.17, 15) is 48.5 Å². The molecule has 368 valence electrons. The van der Waals surface area contributed by atoms with Gasteiger partial charge < -0.3 is 69.4 Å². The van der Waals surface area contributed by atoms with E-state index in [4.69, 9.17) is 4.74 Å². The summed E-state index contributed by atoms with van der Waals surface area (Å²) >= 11 is 0. The highest BCUT2D eigenvalue weighted by atomic mass is 16.6. The van der Waals surface area contributed by atoms with Crippen LogP contribution in [0.4, 0.5) is 34.4 Å². The first-order valence-corrected chi connectivity index (χ1v) is 21.3. The molecular formula is C43H50N16O11. The Morgan fingerprint density at radius 3 is 1.47 bits per heavy atom. The predicted molar refractivity (Wildman–Crippen MR) is 250 cm³/mol. The van der Waals surface area contributed by atoms with Crippen molar-refractivity contribution >= 4 is 81.7 Å². The van der Waals surface area contributed by atoms with Gasteiger partial charge in [-0.25, -0.2) is 9.97 Å². The van der Waals surface area contributed by atoms with Crippen molar-refractivity contribution in [2.75, 3.05) is 46.3 Å². The molecule has 7 N–H and O–H groups in total. The summed E-state index contributed by atoms with van der Waals surface area (Å²) in [5.74, 6) is -4.37. The fourth-order valence-electron chi connectivity index (χ4n) is 7.03. The summed E-state index contributed by atoms with van der Waals surface area (Å²) in [7, 11) is 9.41. The van der Waals surface area contributed by atoms with Crippen molar-refractivity contribution in [2.45, 2.75) is 26.2 Å². The molecule has 0 aliphatic carbocycles. The van der Waals surface area contributed by atoms with E-state index in [0.29, 0.717) is 17.1 Å². The molecule has 0 radical (unpaired) electrons. The Labute approximate surface area is 397 Å². The molecule has 0 saturated carbocycles. The smallest absolute Gasteiger partial charge is 0.307 e. The second kappa shape index (κ2) is 21.6. The zero-order valence-electron chi connectivity index (χ0n) is 39.0. The third-order valence-corrected chi connectivity index (χ3v) is 10.4. The Kier molecular flexibility index (Phi) is 15.4. The van der Waals surface area contributed by atoms with Gasteiger partial charge in [-0.2, -0.15) is 0 Å². The van der Waals surface area contributed by atoms with Crippen LogP contribution in [0.25, 0.3) is 0 Å². The minimum absolute atomic E-state index is 0.00422. The van der Waals surface area contributed by atoms with Crippen LogP contribution in [-0.4, -0.2) is 109 Å². The maximum Gasteiger partial charge on any atom is 0.307 e. The minimum atomic E-state index is -0.699. The first kappa shape index (κ1) is 50.1. The average Bonchev–Trinajstić information content (AvgIpc) is 4.15. The molecule has 0 spiro atoms. The normalized spacial score (nSPS) is 10.8. The number of hydrogen-bond donors (Lipinski definition) is 7. The summed E-state index contributed by atoms with van der Waals surface area (Å²) in [6, 6.07) is 5.50. The molecule has 0 aliphatic rings. The van der Waals surface area contributed by atoms with E-state index in [1.54, 1.807) is 35.1 Å². The van der Waals surface area contributed by atoms with E-state index in [1.165, 1.54) is 96.9 Å². The van der Waals surface area contributed by atoms with Gasteiger partial charge in [-0.05, 0) is 31.5 Å². The Balaban J connectivity index is 0.948. The van der Waals surface area contributed by atoms with Crippen LogP contribution in [0.1, 0.15) is 89.4 Å². The molecule has 7 amide bonds. The van der Waals surface area contributed by atoms with Crippen LogP contribution in [0.15, 0.2) is 61.4 Å². The Bertz CT molecular complexity index is 3030. The second-order valence-electron chi connectivity index (χ2n) is 15.8. The summed E-state index contributed by atoms with van der Waals surface area (Å²) in [5.41, 5.74) is 1.34. The van der Waals surface area contributed by atoms with E-state index >= 15 is 0 Å². The van der Waals surface area contributed by atoms with Crippen molar-refractivity contribution < 1.29 is 48.0 Å². The monoisotopic (exact) mass is 966 g/mol. The number of carbonyl (C=O) groups excluding carboxylic acids is 8. The SMILES string of the molecule is CCOC(=O)CCNC(=O)c1cc(NC(=O)c2nc(NC(=O)c3nc(NC(=O)c4cc(NC(=O)CCCNC(=O)c5cc(NC(=O)c6cc([N+](=O)[O-])cn6C)cn5C)cn4C)cn3C)cn2C)cn1C. The Hall–Kier alpha value is -9.30. The van der Waals surface area contributed by atoms with Gasteiger partial charge in [-0.3, -0.25) is 48.5 Å². The van der Waals surface area contributed by atoms with Crippen molar-refractivity contribution in [2.24, 2.45) is 42.3 Å². The number of esters is 1. The van der Waals surface area contributed by atoms with Crippen molar-refractivity contribution in [3.05, 3.63) is 106 Å². The number of carbonyl (C=O) groups is 8. The fourth-order valence-corrected chi connectivity index (χ4v) is 7.03. The van der Waals surface area contributed by atoms with Gasteiger partial charge in [0.2, 0.25) is 17.6 Å². The molecule has 0 aliphatic heterocycles. The molecule has 6 rings (SSSR count). The van der Waals surface area contributed by atoms with Gasteiger partial charge >= 0.3 is 5.97 Å². The average molecular weight is 967 g/mol. The van der Waals surface area contributed by atoms with Crippen LogP contribution in [0.5, 0.6) is 0 Å². The quantitative estimate of drug-likeness (QED) is 0.0250. The van der Waals surface area contributed by atoms with Gasteiger partial charge in [0, 0.05) is 98.8 Å². The predicted octanol–water partition coefficient (Wildman–Crippen LogP) is 2.26. The number of ether oxygens (including phenoxy) is 1. The lowest BCUT2D eigenvalue weighted by Gasteiger charge is -2.06. The Morgan fingerprint density at radius 1 is 0.529 bits per heavy atom. The van der Waals surface area contributed by atoms with Crippen LogP contribution in [0, 0.1) is 10.1 Å². The first-order chi connectivity index (χ1) is 33.2. The van der Waals surface area contributed by atoms with Crippen molar-refractivity contribution in [3.8, 4) is 0 Å². The summed E-state index contributed by atoms with van der Waals surface area (Å²) in [6.45, 7) is 2.13. The van der Waals surface area contributed by atoms with E-state index in [0.717, 1.165) is 6.07 Å². The molecule has 0 fully saturated rings. The molecule has 0 saturated heterocycles. The number of hydrogen-bond acceptors (Lipinski definition) is 13. The third-order valence-electron chi connectivity index (χ3n) is 10.4. The van der Waals surface area contributed by atoms with Crippen molar-refractivity contribution in [1.82, 2.24) is 48.0 Å². The molecule has 27 nitrogen and oxygen atoms in total. The van der Waals surface area contributed by atoms with Crippen LogP contribution >= 0.6 is 0 Å². The van der Waals surface area contributed by atoms with E-state index < -0.39 is 46.3 Å². The van der Waals surface area contributed by atoms with Crippen LogP contribution < -0.4 is 37.2 Å². The molecule has 6 aromatic heterocycles. The number of aryl methyl sites for hydroxylation is 6. The fraction of sp³-hybridized carbons (Fsp3) is 0.302. The summed E-state index contributed by atoms with van der Waals surface area (Å²) in [6.07, 6.45) is 8.92. The number of nitrogens with one attached hydrogen (secondary N) is 7. The Morgan fingerprint density at radius 2 is 0.957 bits per heavy atom. The zero-order chi connectivity index (χ0) is 51.0. The number of rotatable bonds is 20. The molecule has 6 heterocycles. The molecule has 27 heteroatoms. The van der Waals surface area contributed by atoms with Gasteiger partial charge in [0.05, 0.1) is 41.2 Å². The van der Waals surface area contributed by atoms with Gasteiger partial charge in [0.25, 0.3) is 41.1 Å². The van der Waals surface area contributed by atoms with E-state index in [1.807, 2.05) is 0 Å². The maximum absolute atomic E-state index is 13.3. The molecule has 0 bridgehead atoms. The molecule has 6 aromatic rings. The standard InChI is InChI=1S/C43H50N16O11/c1-8-70-35(61)11-13-45-39(63)29-16-26(20-54(29)3)48-42(66)36-50-33(23-57(36)6)52-43(67)37-49-32(22-58(37)7)51-41(65)30-14-24(18-55(30)4)46-34(60)10-9-12-44-38(62)28-15-25(19-53(28)2)47-40(64)31-17-27(59(68)69)21-56(31)5/h14-23H,8-13H2,1-7H3,(H,44,62)(H,45,63)(H,46,60)(H,47,64)(H,48,66)(H,51,65)(H,52,67). The largest absolute Gasteiger partial charge is 0.466 e. The van der Waals surface area contributed by atoms with Crippen LogP contribution in [0.3, 0.4) is 0 Å². The highest BCUT2D eigenvalue weighted by molar-refractivity contribution is 6.07. The lowest BCUT2D eigenvalue weighted by molar-refractivity contribution is -0.384. The number of imidazole rings is 2. The third kappa shape index (κ3) is 12.2. The highest BCUT2D eigenvalue weighted by Gasteiger charge is 2.23. The van der Waals surface area contributed by atoms with Crippen LogP contribution in [0.2, 0.25) is 0 Å². The van der Waals surface area contributed by atoms with Crippen molar-refractivity contribution in [3.63, 3.8) is 0 Å². The lowest BCUT2D eigenvalue weighted by atomic mass is 10.2. The number of amides is 7. The molecule has 0 atom stereocenters. The minimum Gasteiger partial charge on any atom is -0.466 e. The zero-order valence-corrected chi connectivity index (χ0v) is 39.0. The van der Waals surface area contributed by atoms with E-state index in [-0.39, 0.29) is 96.6 Å². The van der Waals surface area contributed by atoms with E-state index in [2.05, 4.69) is 47.2 Å². The molecule has 70 heavy (non-hydrogen) atoms. The van der Waals surface area contributed by atoms with Gasteiger partial charge in [0.15, 0.2) is 11.6 Å². The van der Waals surface area contributed by atoms with Gasteiger partial charge in [-0.1, -0.05) is 0 Å². The number of anilines is 5. The maximum atomic E-state index is 13.3. The molecular weight excluding hydrogens is 917 g/mol. The van der Waals surface area contributed by atoms with Gasteiger partial charge in [0.1, 0.15) is 22.8 Å². The topological polar surface area (TPSA) is 328 Å². The summed E-state index contributed by atoms with van der Waals surface area (Å²) in [5, 5.41) is 29.7. The summed E-state index contributed by atoms with van der Waals surface area (Å²) < 4.78 is 13.4. The lowest BCUT2D eigenvalue weighted by Crippen LogP contribution is -2.28. The highest BCUT2D eigenvalue weighted by Crippen LogP contribution is 2.21. The number of nitrogens with zero attached hydrogens (tertiary/aromatic N) is 9. The number of nitro groups is 1. The first-order valence-electron chi connectivity index (χ1n) is 21.3. The summed E-state index contributed by atoms with van der Waals surface area (Å²) in [4.78, 5) is 121. The van der Waals surface area contributed by atoms with Gasteiger partial charge in [-0.15, -0.1) is 0 Å². The second-order valence-corrected chi connectivity index (χ2v) is 15.8. The van der Waals surface area contributed by atoms with Crippen LogP contribution in [-0.2, 0) is 56.6 Å². The molecule has 0 aromatic carbocycles. The molecule has 0 unspecified atom stereocenters. The van der Waals surface area contributed by atoms with Crippen molar-refractivity contribution in [1.29, 1.82) is 0 Å².